The predicted octanol–water partition coefficient (Wildman–Crippen LogP) is 1.72. The van der Waals surface area contributed by atoms with Gasteiger partial charge in [0.1, 0.15) is 23.3 Å². The highest BCUT2D eigenvalue weighted by Gasteiger charge is 2.33. The van der Waals surface area contributed by atoms with Crippen LogP contribution in [0.1, 0.15) is 26.3 Å². The third-order valence-electron chi connectivity index (χ3n) is 2.67. The van der Waals surface area contributed by atoms with E-state index >= 15 is 0 Å². The van der Waals surface area contributed by atoms with Gasteiger partial charge in [0, 0.05) is 11.1 Å². The minimum Gasteiger partial charge on any atom is -0.288 e. The molecule has 17 heavy (non-hydrogen) atoms. The lowest BCUT2D eigenvalue weighted by Gasteiger charge is -2.15. The molecule has 0 saturated carbocycles. The largest absolute Gasteiger partial charge is 0.288 e. The molecule has 0 radical (unpaired) electrons. The molecule has 0 amide bonds. The van der Waals surface area contributed by atoms with Crippen molar-refractivity contribution in [2.75, 3.05) is 0 Å². The van der Waals surface area contributed by atoms with Gasteiger partial charge in [0.25, 0.3) is 0 Å². The minimum absolute atomic E-state index is 0.200. The van der Waals surface area contributed by atoms with Gasteiger partial charge in [-0.05, 0) is 12.5 Å². The van der Waals surface area contributed by atoms with Gasteiger partial charge < -0.3 is 0 Å². The zero-order valence-corrected chi connectivity index (χ0v) is 8.94. The summed E-state index contributed by atoms with van der Waals surface area (Å²) in [4.78, 5) is 23.9. The second kappa shape index (κ2) is 3.70. The highest BCUT2D eigenvalue weighted by molar-refractivity contribution is 6.30. The Bertz CT molecular complexity index is 670. The number of nitrogens with zero attached hydrogens (tertiary/aromatic N) is 2. The lowest BCUT2D eigenvalue weighted by atomic mass is 9.83. The first-order valence-electron chi connectivity index (χ1n) is 4.85. The molecule has 0 unspecified atom stereocenters. The van der Waals surface area contributed by atoms with Crippen molar-refractivity contribution in [3.8, 4) is 12.1 Å². The number of hydrogen-bond acceptors (Lipinski definition) is 4. The molecule has 0 fully saturated rings. The van der Waals surface area contributed by atoms with Crippen LogP contribution in [0.25, 0.3) is 0 Å². The normalized spacial score (nSPS) is 14.1. The summed E-state index contributed by atoms with van der Waals surface area (Å²) in [6.07, 6.45) is 0. The van der Waals surface area contributed by atoms with Crippen molar-refractivity contribution in [2.45, 2.75) is 6.92 Å². The monoisotopic (exact) mass is 222 g/mol. The molecule has 0 aromatic heterocycles. The van der Waals surface area contributed by atoms with Gasteiger partial charge in [-0.25, -0.2) is 0 Å². The number of hydrogen-bond donors (Lipinski definition) is 0. The number of benzene rings is 1. The van der Waals surface area contributed by atoms with Gasteiger partial charge in [0.2, 0.25) is 11.6 Å². The maximum Gasteiger partial charge on any atom is 0.206 e. The van der Waals surface area contributed by atoms with Crippen LogP contribution in [0.2, 0.25) is 0 Å². The SMILES string of the molecule is Cc1cccc2c1C(=O)C(C#N)=C(C#N)C2=O. The molecule has 1 aliphatic rings. The lowest BCUT2D eigenvalue weighted by molar-refractivity contribution is 0.0981. The Labute approximate surface area is 97.4 Å². The second-order valence-corrected chi connectivity index (χ2v) is 3.63. The summed E-state index contributed by atoms with van der Waals surface area (Å²) in [7, 11) is 0. The lowest BCUT2D eigenvalue weighted by Crippen LogP contribution is -2.21. The second-order valence-electron chi connectivity index (χ2n) is 3.63. The predicted molar refractivity (Wildman–Crippen MR) is 58.1 cm³/mol. The van der Waals surface area contributed by atoms with Gasteiger partial charge in [-0.1, -0.05) is 18.2 Å². The van der Waals surface area contributed by atoms with Crippen LogP contribution in [0.4, 0.5) is 0 Å². The summed E-state index contributed by atoms with van der Waals surface area (Å²) in [5.74, 6) is -1.10. The van der Waals surface area contributed by atoms with Gasteiger partial charge in [0.15, 0.2) is 0 Å². The Morgan fingerprint density at radius 1 is 1.00 bits per heavy atom. The number of ketones is 2. The van der Waals surface area contributed by atoms with E-state index in [-0.39, 0.29) is 22.3 Å². The third kappa shape index (κ3) is 1.36. The fourth-order valence-electron chi connectivity index (χ4n) is 1.86. The summed E-state index contributed by atoms with van der Waals surface area (Å²) in [5.41, 5.74) is 0.332. The first-order valence-corrected chi connectivity index (χ1v) is 4.85. The molecule has 0 saturated heterocycles. The van der Waals surface area contributed by atoms with Gasteiger partial charge in [-0.15, -0.1) is 0 Å². The number of aryl methyl sites for hydroxylation is 1. The Morgan fingerprint density at radius 2 is 1.59 bits per heavy atom. The highest BCUT2D eigenvalue weighted by Crippen LogP contribution is 2.27. The van der Waals surface area contributed by atoms with Crippen molar-refractivity contribution in [1.82, 2.24) is 0 Å². The fraction of sp³-hybridized carbons (Fsp3) is 0.0769. The zero-order chi connectivity index (χ0) is 12.6. The molecule has 0 spiro atoms. The number of allylic oxidation sites excluding steroid dienone is 2. The summed E-state index contributed by atoms with van der Waals surface area (Å²) in [5, 5.41) is 17.7. The van der Waals surface area contributed by atoms with Crippen molar-refractivity contribution >= 4 is 11.6 Å². The van der Waals surface area contributed by atoms with E-state index < -0.39 is 11.6 Å². The van der Waals surface area contributed by atoms with E-state index in [2.05, 4.69) is 0 Å². The zero-order valence-electron chi connectivity index (χ0n) is 8.94. The van der Waals surface area contributed by atoms with E-state index in [1.807, 2.05) is 0 Å². The average Bonchev–Trinajstić information content (AvgIpc) is 2.33. The molecular weight excluding hydrogens is 216 g/mol. The molecule has 1 aromatic carbocycles. The summed E-state index contributed by atoms with van der Waals surface area (Å²) < 4.78 is 0. The molecule has 4 heteroatoms. The van der Waals surface area contributed by atoms with E-state index in [9.17, 15) is 9.59 Å². The summed E-state index contributed by atoms with van der Waals surface area (Å²) in [6, 6.07) is 8.10. The maximum absolute atomic E-state index is 12.0. The van der Waals surface area contributed by atoms with Crippen LogP contribution >= 0.6 is 0 Å². The molecule has 2 rings (SSSR count). The van der Waals surface area contributed by atoms with E-state index in [0.717, 1.165) is 0 Å². The van der Waals surface area contributed by atoms with Gasteiger partial charge in [-0.2, -0.15) is 10.5 Å². The topological polar surface area (TPSA) is 81.7 Å². The Hall–Kier alpha value is -2.72. The van der Waals surface area contributed by atoms with E-state index in [0.29, 0.717) is 5.56 Å². The van der Waals surface area contributed by atoms with Crippen LogP contribution < -0.4 is 0 Å². The quantitative estimate of drug-likeness (QED) is 0.669. The third-order valence-corrected chi connectivity index (χ3v) is 2.67. The first kappa shape index (κ1) is 10.8. The van der Waals surface area contributed by atoms with Crippen molar-refractivity contribution in [3.05, 3.63) is 46.0 Å². The van der Waals surface area contributed by atoms with Crippen LogP contribution in [0.5, 0.6) is 0 Å². The van der Waals surface area contributed by atoms with Gasteiger partial charge in [-0.3, -0.25) is 9.59 Å². The highest BCUT2D eigenvalue weighted by atomic mass is 16.1. The number of rotatable bonds is 0. The molecule has 80 valence electrons. The van der Waals surface area contributed by atoms with E-state index in [1.54, 1.807) is 31.2 Å². The Balaban J connectivity index is 2.85. The van der Waals surface area contributed by atoms with Gasteiger partial charge in [0.05, 0.1) is 0 Å². The summed E-state index contributed by atoms with van der Waals surface area (Å²) >= 11 is 0. The van der Waals surface area contributed by atoms with Gasteiger partial charge >= 0.3 is 0 Å². The minimum atomic E-state index is -0.553. The Morgan fingerprint density at radius 3 is 2.18 bits per heavy atom. The van der Waals surface area contributed by atoms with E-state index in [1.165, 1.54) is 6.07 Å². The van der Waals surface area contributed by atoms with Crippen LogP contribution in [0, 0.1) is 29.6 Å². The molecular formula is C13H6N2O2. The molecule has 0 heterocycles. The fourth-order valence-corrected chi connectivity index (χ4v) is 1.86. The molecule has 0 bridgehead atoms. The molecule has 0 aliphatic heterocycles. The van der Waals surface area contributed by atoms with E-state index in [4.69, 9.17) is 10.5 Å². The Kier molecular flexibility index (Phi) is 2.34. The van der Waals surface area contributed by atoms with Crippen molar-refractivity contribution in [3.63, 3.8) is 0 Å². The first-order chi connectivity index (χ1) is 8.11. The number of nitriles is 2. The maximum atomic E-state index is 12.0. The van der Waals surface area contributed by atoms with Crippen LogP contribution in [0.15, 0.2) is 29.3 Å². The van der Waals surface area contributed by atoms with Crippen molar-refractivity contribution < 1.29 is 9.59 Å². The molecule has 0 atom stereocenters. The van der Waals surface area contributed by atoms with Crippen LogP contribution in [0.3, 0.4) is 0 Å². The van der Waals surface area contributed by atoms with Crippen LogP contribution in [-0.4, -0.2) is 11.6 Å². The van der Waals surface area contributed by atoms with Crippen LogP contribution in [-0.2, 0) is 0 Å². The standard InChI is InChI=1S/C13H6N2O2/c1-7-3-2-4-8-11(7)13(17)10(6-15)9(5-14)12(8)16/h2-4H,1H3. The molecule has 1 aromatic rings. The smallest absolute Gasteiger partial charge is 0.206 e. The average molecular weight is 222 g/mol. The number of carbonyl (C=O) groups is 2. The molecule has 1 aliphatic carbocycles. The van der Waals surface area contributed by atoms with Crippen molar-refractivity contribution in [2.24, 2.45) is 0 Å². The molecule has 0 N–H and O–H groups in total. The summed E-state index contributed by atoms with van der Waals surface area (Å²) in [6.45, 7) is 1.69. The number of Topliss-reactive ketones (excluding diaryl/α,β-unsaturated/α-hetero) is 2. The molecule has 4 nitrogen and oxygen atoms in total. The van der Waals surface area contributed by atoms with Crippen molar-refractivity contribution in [1.29, 1.82) is 10.5 Å². The number of fused-ring (bicyclic) bond motifs is 1. The number of carbonyl (C=O) groups excluding carboxylic acids is 2.